The maximum Gasteiger partial charge on any atom is 0.242 e. The lowest BCUT2D eigenvalue weighted by atomic mass is 10.2. The number of hydrogen-bond acceptors (Lipinski definition) is 5. The van der Waals surface area contributed by atoms with E-state index < -0.39 is 15.6 Å². The summed E-state index contributed by atoms with van der Waals surface area (Å²) in [5.74, 6) is -0.0531. The summed E-state index contributed by atoms with van der Waals surface area (Å²) < 4.78 is 31.1. The summed E-state index contributed by atoms with van der Waals surface area (Å²) in [4.78, 5) is 13.8. The second kappa shape index (κ2) is 7.44. The average Bonchev–Trinajstić information content (AvgIpc) is 3.17. The van der Waals surface area contributed by atoms with E-state index in [9.17, 15) is 13.2 Å². The van der Waals surface area contributed by atoms with Crippen LogP contribution < -0.4 is 5.73 Å². The molecule has 1 saturated heterocycles. The number of hydrogen-bond donors (Lipinski definition) is 1. The average molecular weight is 356 g/mol. The van der Waals surface area contributed by atoms with Gasteiger partial charge in [0.15, 0.2) is 0 Å². The van der Waals surface area contributed by atoms with Gasteiger partial charge in [0.25, 0.3) is 0 Å². The standard InChI is InChI=1S/C13H25N3O4S.ClH/c1-11(2)20-9-10-21(18,19)16-7-5-15(6-8-16)12(17)13(14)3-4-13;/h11H,3-10,14H2,1-2H3;1H. The molecule has 22 heavy (non-hydrogen) atoms. The largest absolute Gasteiger partial charge is 0.378 e. The summed E-state index contributed by atoms with van der Waals surface area (Å²) in [6.45, 7) is 5.46. The minimum atomic E-state index is -3.31. The first-order valence-electron chi connectivity index (χ1n) is 7.42. The smallest absolute Gasteiger partial charge is 0.242 e. The number of halogens is 1. The van der Waals surface area contributed by atoms with Crippen molar-refractivity contribution >= 4 is 28.3 Å². The number of carbonyl (C=O) groups is 1. The van der Waals surface area contributed by atoms with Crippen LogP contribution in [0.1, 0.15) is 26.7 Å². The second-order valence-corrected chi connectivity index (χ2v) is 8.17. The third kappa shape index (κ3) is 4.79. The molecule has 0 bridgehead atoms. The summed E-state index contributed by atoms with van der Waals surface area (Å²) in [7, 11) is -3.31. The van der Waals surface area contributed by atoms with Crippen LogP contribution in [-0.4, -0.2) is 73.7 Å². The molecule has 1 heterocycles. The Hall–Kier alpha value is -0.410. The van der Waals surface area contributed by atoms with Crippen LogP contribution in [0.2, 0.25) is 0 Å². The van der Waals surface area contributed by atoms with Crippen molar-refractivity contribution in [2.45, 2.75) is 38.3 Å². The summed E-state index contributed by atoms with van der Waals surface area (Å²) >= 11 is 0. The quantitative estimate of drug-likeness (QED) is 0.712. The van der Waals surface area contributed by atoms with E-state index in [1.165, 1.54) is 4.31 Å². The van der Waals surface area contributed by atoms with E-state index in [0.29, 0.717) is 26.2 Å². The number of amides is 1. The first-order chi connectivity index (χ1) is 9.74. The van der Waals surface area contributed by atoms with Crippen LogP contribution in [-0.2, 0) is 19.6 Å². The van der Waals surface area contributed by atoms with Gasteiger partial charge in [-0.1, -0.05) is 0 Å². The molecule has 1 aliphatic heterocycles. The molecule has 0 atom stereocenters. The Labute approximate surface area is 138 Å². The van der Waals surface area contributed by atoms with Crippen molar-refractivity contribution in [3.8, 4) is 0 Å². The van der Waals surface area contributed by atoms with Crippen molar-refractivity contribution in [2.75, 3.05) is 38.5 Å². The highest BCUT2D eigenvalue weighted by molar-refractivity contribution is 7.89. The fourth-order valence-corrected chi connectivity index (χ4v) is 3.64. The molecule has 0 radical (unpaired) electrons. The van der Waals surface area contributed by atoms with Gasteiger partial charge >= 0.3 is 0 Å². The number of ether oxygens (including phenoxy) is 1. The fraction of sp³-hybridized carbons (Fsp3) is 0.923. The highest BCUT2D eigenvalue weighted by Crippen LogP contribution is 2.34. The highest BCUT2D eigenvalue weighted by Gasteiger charge is 2.48. The molecule has 0 unspecified atom stereocenters. The Morgan fingerprint density at radius 1 is 1.23 bits per heavy atom. The lowest BCUT2D eigenvalue weighted by Gasteiger charge is -2.35. The zero-order valence-corrected chi connectivity index (χ0v) is 14.8. The van der Waals surface area contributed by atoms with Crippen molar-refractivity contribution in [3.05, 3.63) is 0 Å². The molecular formula is C13H26ClN3O4S. The highest BCUT2D eigenvalue weighted by atomic mass is 35.5. The molecule has 7 nitrogen and oxygen atoms in total. The van der Waals surface area contributed by atoms with Crippen LogP contribution in [0, 0.1) is 0 Å². The van der Waals surface area contributed by atoms with E-state index in [1.54, 1.807) is 4.90 Å². The molecule has 1 saturated carbocycles. The number of rotatable bonds is 6. The molecule has 0 spiro atoms. The maximum absolute atomic E-state index is 12.2. The number of nitrogens with zero attached hydrogens (tertiary/aromatic N) is 2. The zero-order chi connectivity index (χ0) is 15.7. The van der Waals surface area contributed by atoms with Crippen molar-refractivity contribution < 1.29 is 17.9 Å². The Balaban J connectivity index is 0.00000242. The molecule has 0 aromatic rings. The van der Waals surface area contributed by atoms with Crippen molar-refractivity contribution in [1.29, 1.82) is 0 Å². The van der Waals surface area contributed by atoms with Crippen LogP contribution in [0.3, 0.4) is 0 Å². The van der Waals surface area contributed by atoms with Gasteiger partial charge in [-0.25, -0.2) is 8.42 Å². The number of nitrogens with two attached hydrogens (primary N) is 1. The summed E-state index contributed by atoms with van der Waals surface area (Å²) in [6, 6.07) is 0. The molecule has 2 fully saturated rings. The normalized spacial score (nSPS) is 21.5. The van der Waals surface area contributed by atoms with Gasteiger partial charge in [-0.05, 0) is 26.7 Å². The van der Waals surface area contributed by atoms with Crippen molar-refractivity contribution in [1.82, 2.24) is 9.21 Å². The monoisotopic (exact) mass is 355 g/mol. The van der Waals surface area contributed by atoms with Crippen LogP contribution in [0.25, 0.3) is 0 Å². The van der Waals surface area contributed by atoms with Gasteiger partial charge in [-0.15, -0.1) is 12.4 Å². The zero-order valence-electron chi connectivity index (χ0n) is 13.2. The molecule has 2 aliphatic rings. The lowest BCUT2D eigenvalue weighted by molar-refractivity contribution is -0.134. The predicted octanol–water partition coefficient (Wildman–Crippen LogP) is -0.201. The van der Waals surface area contributed by atoms with Crippen molar-refractivity contribution in [2.24, 2.45) is 5.73 Å². The van der Waals surface area contributed by atoms with Gasteiger partial charge < -0.3 is 15.4 Å². The molecule has 9 heteroatoms. The number of piperazine rings is 1. The van der Waals surface area contributed by atoms with E-state index in [4.69, 9.17) is 10.5 Å². The molecule has 1 amide bonds. The van der Waals surface area contributed by atoms with E-state index in [-0.39, 0.29) is 36.8 Å². The van der Waals surface area contributed by atoms with Crippen LogP contribution in [0.15, 0.2) is 0 Å². The summed E-state index contributed by atoms with van der Waals surface area (Å²) in [5, 5.41) is 0. The third-order valence-electron chi connectivity index (χ3n) is 3.93. The van der Waals surface area contributed by atoms with Gasteiger partial charge in [-0.2, -0.15) is 4.31 Å². The van der Waals surface area contributed by atoms with E-state index >= 15 is 0 Å². The van der Waals surface area contributed by atoms with Crippen molar-refractivity contribution in [3.63, 3.8) is 0 Å². The van der Waals surface area contributed by atoms with Crippen LogP contribution in [0.5, 0.6) is 0 Å². The topological polar surface area (TPSA) is 92.9 Å². The molecule has 0 aromatic heterocycles. The molecule has 0 aromatic carbocycles. The minimum absolute atomic E-state index is 0. The first-order valence-corrected chi connectivity index (χ1v) is 9.03. The maximum atomic E-state index is 12.2. The molecule has 2 rings (SSSR count). The van der Waals surface area contributed by atoms with Gasteiger partial charge in [0.2, 0.25) is 15.9 Å². The van der Waals surface area contributed by atoms with Gasteiger partial charge in [0, 0.05) is 26.2 Å². The van der Waals surface area contributed by atoms with Gasteiger partial charge in [0.1, 0.15) is 0 Å². The Morgan fingerprint density at radius 3 is 2.23 bits per heavy atom. The predicted molar refractivity (Wildman–Crippen MR) is 86.4 cm³/mol. The Kier molecular flexibility index (Phi) is 6.64. The summed E-state index contributed by atoms with van der Waals surface area (Å²) in [6.07, 6.45) is 1.49. The van der Waals surface area contributed by atoms with Gasteiger partial charge in [0.05, 0.1) is 24.0 Å². The molecule has 130 valence electrons. The SMILES string of the molecule is CC(C)OCCS(=O)(=O)N1CCN(C(=O)C2(N)CC2)CC1.Cl. The Morgan fingerprint density at radius 2 is 1.77 bits per heavy atom. The molecule has 2 N–H and O–H groups in total. The lowest BCUT2D eigenvalue weighted by Crippen LogP contribution is -2.55. The molecular weight excluding hydrogens is 330 g/mol. The first kappa shape index (κ1) is 19.6. The summed E-state index contributed by atoms with van der Waals surface area (Å²) in [5.41, 5.74) is 5.22. The van der Waals surface area contributed by atoms with Crippen LogP contribution >= 0.6 is 12.4 Å². The number of sulfonamides is 1. The Bertz CT molecular complexity index is 486. The third-order valence-corrected chi connectivity index (χ3v) is 5.76. The van der Waals surface area contributed by atoms with Crippen LogP contribution in [0.4, 0.5) is 0 Å². The fourth-order valence-electron chi connectivity index (χ4n) is 2.35. The minimum Gasteiger partial charge on any atom is -0.378 e. The van der Waals surface area contributed by atoms with Gasteiger partial charge in [-0.3, -0.25) is 4.79 Å². The second-order valence-electron chi connectivity index (χ2n) is 6.08. The van der Waals surface area contributed by atoms with E-state index in [2.05, 4.69) is 0 Å². The van der Waals surface area contributed by atoms with E-state index in [0.717, 1.165) is 12.8 Å². The van der Waals surface area contributed by atoms with E-state index in [1.807, 2.05) is 13.8 Å². The molecule has 1 aliphatic carbocycles. The number of carbonyl (C=O) groups excluding carboxylic acids is 1.